The lowest BCUT2D eigenvalue weighted by molar-refractivity contribution is 0.128. The average molecular weight is 273 g/mol. The third-order valence-electron chi connectivity index (χ3n) is 2.27. The number of benzene rings is 1. The Hall–Kier alpha value is -0.540. The number of rotatable bonds is 5. The summed E-state index contributed by atoms with van der Waals surface area (Å²) >= 11 is 3.39. The van der Waals surface area contributed by atoms with Crippen molar-refractivity contribution in [3.05, 3.63) is 28.7 Å². The van der Waals surface area contributed by atoms with Crippen LogP contribution in [-0.4, -0.2) is 18.3 Å². The molecule has 1 rings (SSSR count). The fourth-order valence-electron chi connectivity index (χ4n) is 1.08. The molecule has 3 heteroatoms. The SMILES string of the molecule is CC(C)(CO)CCOc1cccc(Br)c1. The van der Waals surface area contributed by atoms with E-state index in [1.165, 1.54) is 0 Å². The molecule has 2 nitrogen and oxygen atoms in total. The summed E-state index contributed by atoms with van der Waals surface area (Å²) in [5, 5.41) is 9.07. The molecule has 0 spiro atoms. The topological polar surface area (TPSA) is 29.5 Å². The van der Waals surface area contributed by atoms with Crippen LogP contribution in [0.1, 0.15) is 20.3 Å². The molecule has 0 unspecified atom stereocenters. The van der Waals surface area contributed by atoms with Gasteiger partial charge in [0.1, 0.15) is 5.75 Å². The Labute approximate surface area is 99.4 Å². The molecular formula is C12H17BrO2. The van der Waals surface area contributed by atoms with Gasteiger partial charge in [-0.1, -0.05) is 35.8 Å². The van der Waals surface area contributed by atoms with Crippen LogP contribution in [0.3, 0.4) is 0 Å². The number of halogens is 1. The first-order valence-corrected chi connectivity index (χ1v) is 5.82. The van der Waals surface area contributed by atoms with Crippen LogP contribution < -0.4 is 4.74 Å². The van der Waals surface area contributed by atoms with Crippen molar-refractivity contribution in [3.63, 3.8) is 0 Å². The highest BCUT2D eigenvalue weighted by atomic mass is 79.9. The molecule has 0 heterocycles. The molecule has 0 saturated heterocycles. The highest BCUT2D eigenvalue weighted by Crippen LogP contribution is 2.21. The Balaban J connectivity index is 2.38. The third-order valence-corrected chi connectivity index (χ3v) is 2.76. The lowest BCUT2D eigenvalue weighted by atomic mass is 9.91. The van der Waals surface area contributed by atoms with Gasteiger partial charge < -0.3 is 9.84 Å². The Morgan fingerprint density at radius 2 is 2.13 bits per heavy atom. The van der Waals surface area contributed by atoms with Crippen LogP contribution in [-0.2, 0) is 0 Å². The zero-order chi connectivity index (χ0) is 11.3. The van der Waals surface area contributed by atoms with E-state index in [0.29, 0.717) is 6.61 Å². The molecule has 0 aliphatic heterocycles. The van der Waals surface area contributed by atoms with Crippen molar-refractivity contribution in [2.45, 2.75) is 20.3 Å². The maximum Gasteiger partial charge on any atom is 0.120 e. The average Bonchev–Trinajstić information content (AvgIpc) is 2.18. The van der Waals surface area contributed by atoms with Crippen molar-refractivity contribution < 1.29 is 9.84 Å². The Morgan fingerprint density at radius 3 is 2.73 bits per heavy atom. The summed E-state index contributed by atoms with van der Waals surface area (Å²) in [6, 6.07) is 7.77. The first kappa shape index (κ1) is 12.5. The molecule has 0 fully saturated rings. The number of aliphatic hydroxyl groups excluding tert-OH is 1. The van der Waals surface area contributed by atoms with Gasteiger partial charge in [-0.25, -0.2) is 0 Å². The molecule has 1 N–H and O–H groups in total. The summed E-state index contributed by atoms with van der Waals surface area (Å²) in [6.45, 7) is 4.87. The molecule has 15 heavy (non-hydrogen) atoms. The van der Waals surface area contributed by atoms with Gasteiger partial charge in [-0.05, 0) is 30.0 Å². The van der Waals surface area contributed by atoms with Gasteiger partial charge in [-0.2, -0.15) is 0 Å². The minimum absolute atomic E-state index is 0.0635. The third kappa shape index (κ3) is 4.67. The molecule has 0 radical (unpaired) electrons. The maximum absolute atomic E-state index is 9.07. The van der Waals surface area contributed by atoms with Gasteiger partial charge in [-0.15, -0.1) is 0 Å². The molecule has 0 atom stereocenters. The summed E-state index contributed by atoms with van der Waals surface area (Å²) in [5.74, 6) is 0.859. The van der Waals surface area contributed by atoms with Gasteiger partial charge >= 0.3 is 0 Å². The van der Waals surface area contributed by atoms with Crippen LogP contribution in [0.15, 0.2) is 28.7 Å². The summed E-state index contributed by atoms with van der Waals surface area (Å²) < 4.78 is 6.60. The molecule has 0 aromatic heterocycles. The van der Waals surface area contributed by atoms with E-state index in [0.717, 1.165) is 16.6 Å². The van der Waals surface area contributed by atoms with Crippen LogP contribution in [0, 0.1) is 5.41 Å². The fourth-order valence-corrected chi connectivity index (χ4v) is 1.46. The van der Waals surface area contributed by atoms with Gasteiger partial charge in [-0.3, -0.25) is 0 Å². The largest absolute Gasteiger partial charge is 0.494 e. The Bertz CT molecular complexity index is 310. The molecule has 0 saturated carbocycles. The fraction of sp³-hybridized carbons (Fsp3) is 0.500. The van der Waals surface area contributed by atoms with Crippen molar-refractivity contribution in [1.82, 2.24) is 0 Å². The second-order valence-electron chi connectivity index (χ2n) is 4.38. The minimum atomic E-state index is -0.0635. The van der Waals surface area contributed by atoms with Gasteiger partial charge in [0.05, 0.1) is 6.61 Å². The molecule has 0 aliphatic rings. The van der Waals surface area contributed by atoms with E-state index in [4.69, 9.17) is 9.84 Å². The van der Waals surface area contributed by atoms with E-state index in [9.17, 15) is 0 Å². The summed E-state index contributed by atoms with van der Waals surface area (Å²) in [6.07, 6.45) is 0.843. The highest BCUT2D eigenvalue weighted by molar-refractivity contribution is 9.10. The summed E-state index contributed by atoms with van der Waals surface area (Å²) in [4.78, 5) is 0. The van der Waals surface area contributed by atoms with Crippen LogP contribution in [0.2, 0.25) is 0 Å². The van der Waals surface area contributed by atoms with E-state index < -0.39 is 0 Å². The molecule has 0 bridgehead atoms. The van der Waals surface area contributed by atoms with E-state index in [1.807, 2.05) is 38.1 Å². The van der Waals surface area contributed by atoms with E-state index in [1.54, 1.807) is 0 Å². The number of aliphatic hydroxyl groups is 1. The molecule has 1 aromatic carbocycles. The predicted molar refractivity (Wildman–Crippen MR) is 65.1 cm³/mol. The summed E-state index contributed by atoms with van der Waals surface area (Å²) in [7, 11) is 0. The smallest absolute Gasteiger partial charge is 0.120 e. The second-order valence-corrected chi connectivity index (χ2v) is 5.29. The van der Waals surface area contributed by atoms with Crippen molar-refractivity contribution in [3.8, 4) is 5.75 Å². The van der Waals surface area contributed by atoms with Gasteiger partial charge in [0.2, 0.25) is 0 Å². The Morgan fingerprint density at radius 1 is 1.40 bits per heavy atom. The van der Waals surface area contributed by atoms with E-state index in [-0.39, 0.29) is 12.0 Å². The number of hydrogen-bond acceptors (Lipinski definition) is 2. The first-order chi connectivity index (χ1) is 7.03. The molecule has 0 aliphatic carbocycles. The molecular weight excluding hydrogens is 256 g/mol. The minimum Gasteiger partial charge on any atom is -0.494 e. The lowest BCUT2D eigenvalue weighted by Crippen LogP contribution is -2.19. The second kappa shape index (κ2) is 5.52. The number of ether oxygens (including phenoxy) is 1. The van der Waals surface area contributed by atoms with Crippen LogP contribution in [0.5, 0.6) is 5.75 Å². The standard InChI is InChI=1S/C12H17BrO2/c1-12(2,9-14)6-7-15-11-5-3-4-10(13)8-11/h3-5,8,14H,6-7,9H2,1-2H3. The Kier molecular flexibility index (Phi) is 4.61. The van der Waals surface area contributed by atoms with Gasteiger partial charge in [0, 0.05) is 11.1 Å². The normalized spacial score (nSPS) is 11.5. The van der Waals surface area contributed by atoms with Crippen LogP contribution in [0.25, 0.3) is 0 Å². The van der Waals surface area contributed by atoms with Crippen molar-refractivity contribution in [2.24, 2.45) is 5.41 Å². The quantitative estimate of drug-likeness (QED) is 0.892. The van der Waals surface area contributed by atoms with Crippen LogP contribution in [0.4, 0.5) is 0 Å². The van der Waals surface area contributed by atoms with Crippen LogP contribution >= 0.6 is 15.9 Å². The van der Waals surface area contributed by atoms with Gasteiger partial charge in [0.25, 0.3) is 0 Å². The zero-order valence-corrected chi connectivity index (χ0v) is 10.8. The first-order valence-electron chi connectivity index (χ1n) is 5.03. The van der Waals surface area contributed by atoms with Crippen molar-refractivity contribution >= 4 is 15.9 Å². The van der Waals surface area contributed by atoms with Gasteiger partial charge in [0.15, 0.2) is 0 Å². The van der Waals surface area contributed by atoms with Crippen molar-refractivity contribution in [1.29, 1.82) is 0 Å². The maximum atomic E-state index is 9.07. The van der Waals surface area contributed by atoms with Crippen molar-refractivity contribution in [2.75, 3.05) is 13.2 Å². The number of hydrogen-bond donors (Lipinski definition) is 1. The highest BCUT2D eigenvalue weighted by Gasteiger charge is 2.15. The predicted octanol–water partition coefficient (Wildman–Crippen LogP) is 3.24. The molecule has 84 valence electrons. The zero-order valence-electron chi connectivity index (χ0n) is 9.16. The summed E-state index contributed by atoms with van der Waals surface area (Å²) in [5.41, 5.74) is -0.0635. The molecule has 0 amide bonds. The lowest BCUT2D eigenvalue weighted by Gasteiger charge is -2.21. The monoisotopic (exact) mass is 272 g/mol. The van der Waals surface area contributed by atoms with E-state index in [2.05, 4.69) is 15.9 Å². The van der Waals surface area contributed by atoms with E-state index >= 15 is 0 Å². The molecule has 1 aromatic rings.